The summed E-state index contributed by atoms with van der Waals surface area (Å²) in [6.07, 6.45) is 1.53. The molecule has 0 saturated carbocycles. The molecule has 0 bridgehead atoms. The lowest BCUT2D eigenvalue weighted by atomic mass is 10.2. The van der Waals surface area contributed by atoms with Crippen molar-refractivity contribution in [3.8, 4) is 11.5 Å². The molecule has 0 aliphatic carbocycles. The van der Waals surface area contributed by atoms with Gasteiger partial charge in [0.05, 0.1) is 18.3 Å². The maximum Gasteiger partial charge on any atom is 0.185 e. The Morgan fingerprint density at radius 2 is 2.00 bits per heavy atom. The predicted octanol–water partition coefficient (Wildman–Crippen LogP) is 4.79. The Labute approximate surface area is 206 Å². The molecule has 1 aliphatic heterocycles. The predicted molar refractivity (Wildman–Crippen MR) is 137 cm³/mol. The molecule has 1 aliphatic rings. The number of nitrogens with one attached hydrogen (secondary N) is 2. The summed E-state index contributed by atoms with van der Waals surface area (Å²) in [5.41, 5.74) is 3.52. The standard InChI is InChI=1S/C24H25ClN6O2S/c1-15-9-16(3-4-19(15)25)29-23-18-10-21(32-2)22(11-20(18)27-14-28-23)33-12-17-13-34-24(30-17)31-7-5-26-6-8-31/h3-4,9-11,13-14,26H,5-8,12H2,1-2H3,(H,27,28,29). The first-order chi connectivity index (χ1) is 16.6. The van der Waals surface area contributed by atoms with Crippen molar-refractivity contribution < 1.29 is 9.47 Å². The second kappa shape index (κ2) is 10.0. The largest absolute Gasteiger partial charge is 0.493 e. The van der Waals surface area contributed by atoms with E-state index in [1.165, 1.54) is 6.33 Å². The molecule has 176 valence electrons. The SMILES string of the molecule is COc1cc2c(Nc3ccc(Cl)c(C)c3)ncnc2cc1OCc1csc(N2CCNCC2)n1. The zero-order valence-corrected chi connectivity index (χ0v) is 20.5. The minimum absolute atomic E-state index is 0.352. The van der Waals surface area contributed by atoms with Crippen molar-refractivity contribution in [2.45, 2.75) is 13.5 Å². The van der Waals surface area contributed by atoms with Gasteiger partial charge in [0.1, 0.15) is 18.8 Å². The Kier molecular flexibility index (Phi) is 6.66. The number of hydrogen-bond donors (Lipinski definition) is 2. The summed E-state index contributed by atoms with van der Waals surface area (Å²) in [6.45, 7) is 6.22. The van der Waals surface area contributed by atoms with E-state index >= 15 is 0 Å². The van der Waals surface area contributed by atoms with E-state index in [1.807, 2.05) is 42.6 Å². The summed E-state index contributed by atoms with van der Waals surface area (Å²) < 4.78 is 11.7. The highest BCUT2D eigenvalue weighted by Gasteiger charge is 2.16. The smallest absolute Gasteiger partial charge is 0.185 e. The van der Waals surface area contributed by atoms with Crippen molar-refractivity contribution in [1.82, 2.24) is 20.3 Å². The molecule has 10 heteroatoms. The second-order valence-corrected chi connectivity index (χ2v) is 9.22. The minimum Gasteiger partial charge on any atom is -0.493 e. The van der Waals surface area contributed by atoms with Crippen LogP contribution in [-0.4, -0.2) is 48.2 Å². The van der Waals surface area contributed by atoms with Crippen LogP contribution in [0.4, 0.5) is 16.6 Å². The van der Waals surface area contributed by atoms with Gasteiger partial charge in [0.25, 0.3) is 0 Å². The molecule has 0 spiro atoms. The van der Waals surface area contributed by atoms with Crippen molar-refractivity contribution in [1.29, 1.82) is 0 Å². The molecule has 0 radical (unpaired) electrons. The molecular formula is C24H25ClN6O2S. The maximum absolute atomic E-state index is 6.16. The molecule has 1 fully saturated rings. The Bertz CT molecular complexity index is 1310. The lowest BCUT2D eigenvalue weighted by Crippen LogP contribution is -2.43. The highest BCUT2D eigenvalue weighted by atomic mass is 35.5. The van der Waals surface area contributed by atoms with E-state index in [1.54, 1.807) is 18.4 Å². The number of nitrogens with zero attached hydrogens (tertiary/aromatic N) is 4. The first-order valence-corrected chi connectivity index (χ1v) is 12.3. The number of benzene rings is 2. The van der Waals surface area contributed by atoms with Crippen LogP contribution in [0.5, 0.6) is 11.5 Å². The normalized spacial score (nSPS) is 13.8. The van der Waals surface area contributed by atoms with Crippen LogP contribution in [-0.2, 0) is 6.61 Å². The quantitative estimate of drug-likeness (QED) is 0.378. The molecule has 0 amide bonds. The monoisotopic (exact) mass is 496 g/mol. The first-order valence-electron chi connectivity index (χ1n) is 11.0. The number of aryl methyl sites for hydroxylation is 1. The number of halogens is 1. The summed E-state index contributed by atoms with van der Waals surface area (Å²) in [5, 5.41) is 11.3. The minimum atomic E-state index is 0.352. The van der Waals surface area contributed by atoms with E-state index in [-0.39, 0.29) is 0 Å². The van der Waals surface area contributed by atoms with Gasteiger partial charge >= 0.3 is 0 Å². The third-order valence-electron chi connectivity index (χ3n) is 5.64. The van der Waals surface area contributed by atoms with Crippen LogP contribution in [0.3, 0.4) is 0 Å². The molecule has 34 heavy (non-hydrogen) atoms. The first kappa shape index (κ1) is 22.6. The number of thiazole rings is 1. The van der Waals surface area contributed by atoms with Gasteiger partial charge in [-0.1, -0.05) is 11.6 Å². The number of fused-ring (bicyclic) bond motifs is 1. The molecular weight excluding hydrogens is 472 g/mol. The van der Waals surface area contributed by atoms with E-state index in [4.69, 9.17) is 26.1 Å². The number of anilines is 3. The Hall–Kier alpha value is -3.14. The Morgan fingerprint density at radius 3 is 2.79 bits per heavy atom. The summed E-state index contributed by atoms with van der Waals surface area (Å²) in [4.78, 5) is 15.9. The van der Waals surface area contributed by atoms with Crippen molar-refractivity contribution in [3.05, 3.63) is 58.3 Å². The number of piperazine rings is 1. The van der Waals surface area contributed by atoms with E-state index in [2.05, 4.69) is 25.5 Å². The number of hydrogen-bond acceptors (Lipinski definition) is 9. The van der Waals surface area contributed by atoms with Gasteiger partial charge in [0.15, 0.2) is 16.6 Å². The molecule has 0 unspecified atom stereocenters. The van der Waals surface area contributed by atoms with Crippen molar-refractivity contribution in [3.63, 3.8) is 0 Å². The van der Waals surface area contributed by atoms with Crippen LogP contribution >= 0.6 is 22.9 Å². The number of ether oxygens (including phenoxy) is 2. The molecule has 8 nitrogen and oxygen atoms in total. The van der Waals surface area contributed by atoms with Gasteiger partial charge < -0.3 is 25.0 Å². The number of methoxy groups -OCH3 is 1. The molecule has 2 aromatic carbocycles. The highest BCUT2D eigenvalue weighted by molar-refractivity contribution is 7.13. The van der Waals surface area contributed by atoms with Crippen LogP contribution in [0.1, 0.15) is 11.3 Å². The zero-order chi connectivity index (χ0) is 23.5. The molecule has 4 aromatic rings. The zero-order valence-electron chi connectivity index (χ0n) is 19.0. The molecule has 5 rings (SSSR count). The van der Waals surface area contributed by atoms with Crippen LogP contribution in [0.2, 0.25) is 5.02 Å². The van der Waals surface area contributed by atoms with E-state index in [9.17, 15) is 0 Å². The average Bonchev–Trinajstić information content (AvgIpc) is 3.34. The molecule has 2 N–H and O–H groups in total. The topological polar surface area (TPSA) is 84.4 Å². The lowest BCUT2D eigenvalue weighted by molar-refractivity contribution is 0.282. The fourth-order valence-electron chi connectivity index (χ4n) is 3.81. The van der Waals surface area contributed by atoms with Gasteiger partial charge in [-0.25, -0.2) is 15.0 Å². The van der Waals surface area contributed by atoms with Crippen LogP contribution in [0.25, 0.3) is 10.9 Å². The van der Waals surface area contributed by atoms with Gasteiger partial charge in [-0.2, -0.15) is 0 Å². The van der Waals surface area contributed by atoms with Gasteiger partial charge in [-0.05, 0) is 36.8 Å². The molecule has 2 aromatic heterocycles. The maximum atomic E-state index is 6.16. The van der Waals surface area contributed by atoms with E-state index < -0.39 is 0 Å². The Morgan fingerprint density at radius 1 is 1.15 bits per heavy atom. The summed E-state index contributed by atoms with van der Waals surface area (Å²) in [5.74, 6) is 1.89. The third kappa shape index (κ3) is 4.86. The Balaban J connectivity index is 1.36. The summed E-state index contributed by atoms with van der Waals surface area (Å²) in [7, 11) is 1.62. The third-order valence-corrected chi connectivity index (χ3v) is 7.02. The highest BCUT2D eigenvalue weighted by Crippen LogP contribution is 2.35. The lowest BCUT2D eigenvalue weighted by Gasteiger charge is -2.26. The summed E-state index contributed by atoms with van der Waals surface area (Å²) >= 11 is 7.80. The molecule has 0 atom stereocenters. The fourth-order valence-corrected chi connectivity index (χ4v) is 4.79. The van der Waals surface area contributed by atoms with Crippen molar-refractivity contribution >= 4 is 50.5 Å². The summed E-state index contributed by atoms with van der Waals surface area (Å²) in [6, 6.07) is 9.52. The average molecular weight is 497 g/mol. The van der Waals surface area contributed by atoms with Gasteiger partial charge in [0.2, 0.25) is 0 Å². The van der Waals surface area contributed by atoms with Crippen LogP contribution in [0.15, 0.2) is 42.0 Å². The van der Waals surface area contributed by atoms with Gasteiger partial charge in [-0.3, -0.25) is 0 Å². The fraction of sp³-hybridized carbons (Fsp3) is 0.292. The van der Waals surface area contributed by atoms with Crippen LogP contribution in [0, 0.1) is 6.92 Å². The second-order valence-electron chi connectivity index (χ2n) is 7.98. The van der Waals surface area contributed by atoms with E-state index in [0.29, 0.717) is 23.9 Å². The van der Waals surface area contributed by atoms with Gasteiger partial charge in [0, 0.05) is 53.7 Å². The molecule has 3 heterocycles. The van der Waals surface area contributed by atoms with Crippen molar-refractivity contribution in [2.24, 2.45) is 0 Å². The van der Waals surface area contributed by atoms with Gasteiger partial charge in [-0.15, -0.1) is 11.3 Å². The van der Waals surface area contributed by atoms with Crippen molar-refractivity contribution in [2.75, 3.05) is 43.5 Å². The van der Waals surface area contributed by atoms with Crippen LogP contribution < -0.4 is 25.0 Å². The number of rotatable bonds is 7. The van der Waals surface area contributed by atoms with E-state index in [0.717, 1.165) is 64.2 Å². The molecule has 1 saturated heterocycles. The number of aromatic nitrogens is 3.